The van der Waals surface area contributed by atoms with Gasteiger partial charge in [-0.25, -0.2) is 4.79 Å². The van der Waals surface area contributed by atoms with E-state index in [1.807, 2.05) is 6.92 Å². The summed E-state index contributed by atoms with van der Waals surface area (Å²) < 4.78 is 0. The van der Waals surface area contributed by atoms with E-state index in [0.717, 1.165) is 12.0 Å². The molecule has 0 aromatic heterocycles. The third-order valence-corrected chi connectivity index (χ3v) is 2.80. The smallest absolute Gasteiger partial charge is 0.312 e. The molecule has 5 nitrogen and oxygen atoms in total. The molecule has 104 valence electrons. The Morgan fingerprint density at radius 1 is 1.32 bits per heavy atom. The maximum Gasteiger partial charge on any atom is 0.312 e. The van der Waals surface area contributed by atoms with Crippen LogP contribution in [0.2, 0.25) is 5.02 Å². The molecule has 0 fully saturated rings. The van der Waals surface area contributed by atoms with E-state index in [1.54, 1.807) is 24.3 Å². The molecule has 0 saturated heterocycles. The number of carbonyl (C=O) groups is 2. The Morgan fingerprint density at radius 3 is 2.47 bits per heavy atom. The molecule has 0 radical (unpaired) electrons. The van der Waals surface area contributed by atoms with Crippen molar-refractivity contribution in [3.8, 4) is 0 Å². The molecule has 0 heterocycles. The molecule has 1 unspecified atom stereocenters. The zero-order chi connectivity index (χ0) is 14.3. The van der Waals surface area contributed by atoms with Gasteiger partial charge in [-0.05, 0) is 24.1 Å². The first kappa shape index (κ1) is 15.3. The molecule has 4 N–H and O–H groups in total. The topological polar surface area (TPSA) is 84.2 Å². The fraction of sp³-hybridized carbons (Fsp3) is 0.385. The van der Waals surface area contributed by atoms with Crippen LogP contribution in [0, 0.1) is 0 Å². The van der Waals surface area contributed by atoms with Crippen LogP contribution in [0.25, 0.3) is 0 Å². The van der Waals surface area contributed by atoms with E-state index in [-0.39, 0.29) is 12.3 Å². The maximum absolute atomic E-state index is 11.7. The highest BCUT2D eigenvalue weighted by atomic mass is 35.5. The predicted molar refractivity (Wildman–Crippen MR) is 74.8 cm³/mol. The summed E-state index contributed by atoms with van der Waals surface area (Å²) in [5.74, 6) is -0.129. The second-order valence-corrected chi connectivity index (χ2v) is 4.60. The summed E-state index contributed by atoms with van der Waals surface area (Å²) in [6.45, 7) is 2.58. The highest BCUT2D eigenvalue weighted by Gasteiger charge is 2.17. The van der Waals surface area contributed by atoms with Gasteiger partial charge < -0.3 is 16.4 Å². The van der Waals surface area contributed by atoms with Gasteiger partial charge in [-0.3, -0.25) is 4.79 Å². The molecule has 0 aliphatic rings. The van der Waals surface area contributed by atoms with Crippen LogP contribution in [0.5, 0.6) is 0 Å². The van der Waals surface area contributed by atoms with Crippen molar-refractivity contribution in [1.29, 1.82) is 0 Å². The fourth-order valence-corrected chi connectivity index (χ4v) is 1.77. The van der Waals surface area contributed by atoms with E-state index in [4.69, 9.17) is 17.3 Å². The van der Waals surface area contributed by atoms with Crippen molar-refractivity contribution in [3.63, 3.8) is 0 Å². The van der Waals surface area contributed by atoms with Gasteiger partial charge >= 0.3 is 6.03 Å². The van der Waals surface area contributed by atoms with Gasteiger partial charge in [0.15, 0.2) is 0 Å². The highest BCUT2D eigenvalue weighted by molar-refractivity contribution is 6.30. The average Bonchev–Trinajstić information content (AvgIpc) is 2.36. The minimum absolute atomic E-state index is 0.129. The number of nitrogens with two attached hydrogens (primary N) is 1. The van der Waals surface area contributed by atoms with Gasteiger partial charge in [0.2, 0.25) is 5.91 Å². The summed E-state index contributed by atoms with van der Waals surface area (Å²) in [5.41, 5.74) is 5.92. The van der Waals surface area contributed by atoms with E-state index in [1.165, 1.54) is 0 Å². The predicted octanol–water partition coefficient (Wildman–Crippen LogP) is 1.97. The molecule has 1 aromatic rings. The number of hydrogen-bond donors (Lipinski definition) is 3. The molecule has 0 aliphatic carbocycles. The van der Waals surface area contributed by atoms with Crippen molar-refractivity contribution in [2.24, 2.45) is 5.73 Å². The fourth-order valence-electron chi connectivity index (χ4n) is 1.64. The number of halogens is 1. The molecule has 0 saturated carbocycles. The summed E-state index contributed by atoms with van der Waals surface area (Å²) in [4.78, 5) is 22.7. The van der Waals surface area contributed by atoms with Gasteiger partial charge in [-0.1, -0.05) is 30.7 Å². The van der Waals surface area contributed by atoms with E-state index < -0.39 is 12.1 Å². The molecule has 3 amide bonds. The number of primary amides is 1. The van der Waals surface area contributed by atoms with Gasteiger partial charge in [-0.2, -0.15) is 0 Å². The number of carbonyl (C=O) groups excluding carboxylic acids is 2. The Balaban J connectivity index is 2.74. The van der Waals surface area contributed by atoms with Crippen molar-refractivity contribution in [2.45, 2.75) is 25.8 Å². The zero-order valence-electron chi connectivity index (χ0n) is 10.8. The van der Waals surface area contributed by atoms with Gasteiger partial charge in [0.25, 0.3) is 0 Å². The summed E-state index contributed by atoms with van der Waals surface area (Å²) in [5, 5.41) is 5.91. The van der Waals surface area contributed by atoms with Gasteiger partial charge in [-0.15, -0.1) is 0 Å². The maximum atomic E-state index is 11.7. The largest absolute Gasteiger partial charge is 0.356 e. The van der Waals surface area contributed by atoms with Crippen LogP contribution in [-0.2, 0) is 4.79 Å². The molecule has 0 bridgehead atoms. The first-order valence-electron chi connectivity index (χ1n) is 6.11. The molecule has 1 aromatic carbocycles. The summed E-state index contributed by atoms with van der Waals surface area (Å²) >= 11 is 5.81. The van der Waals surface area contributed by atoms with Gasteiger partial charge in [0.05, 0.1) is 12.5 Å². The quantitative estimate of drug-likeness (QED) is 0.746. The lowest BCUT2D eigenvalue weighted by Gasteiger charge is -2.17. The van der Waals surface area contributed by atoms with Crippen LogP contribution in [0.1, 0.15) is 31.4 Å². The first-order valence-corrected chi connectivity index (χ1v) is 6.49. The summed E-state index contributed by atoms with van der Waals surface area (Å²) in [6, 6.07) is 5.81. The molecule has 6 heteroatoms. The van der Waals surface area contributed by atoms with Crippen molar-refractivity contribution in [1.82, 2.24) is 10.6 Å². The number of hydrogen-bond acceptors (Lipinski definition) is 2. The molecule has 0 aliphatic heterocycles. The normalized spacial score (nSPS) is 11.7. The van der Waals surface area contributed by atoms with Gasteiger partial charge in [0.1, 0.15) is 0 Å². The van der Waals surface area contributed by atoms with Crippen molar-refractivity contribution < 1.29 is 9.59 Å². The van der Waals surface area contributed by atoms with E-state index in [9.17, 15) is 9.59 Å². The van der Waals surface area contributed by atoms with Crippen LogP contribution in [-0.4, -0.2) is 18.5 Å². The molecule has 19 heavy (non-hydrogen) atoms. The van der Waals surface area contributed by atoms with Crippen molar-refractivity contribution in [3.05, 3.63) is 34.9 Å². The molecular weight excluding hydrogens is 266 g/mol. The lowest BCUT2D eigenvalue weighted by molar-refractivity contribution is -0.121. The molecular formula is C13H18ClN3O2. The van der Waals surface area contributed by atoms with E-state index in [0.29, 0.717) is 11.6 Å². The molecule has 0 spiro atoms. The Morgan fingerprint density at radius 2 is 1.95 bits per heavy atom. The zero-order valence-corrected chi connectivity index (χ0v) is 11.5. The Bertz CT molecular complexity index is 434. The second kappa shape index (κ2) is 7.63. The number of nitrogens with one attached hydrogen (secondary N) is 2. The third kappa shape index (κ3) is 5.61. The SMILES string of the molecule is CCCNC(=O)CC(NC(N)=O)c1ccc(Cl)cc1. The third-order valence-electron chi connectivity index (χ3n) is 2.55. The highest BCUT2D eigenvalue weighted by Crippen LogP contribution is 2.19. The number of benzene rings is 1. The standard InChI is InChI=1S/C13H18ClN3O2/c1-2-7-16-12(18)8-11(17-13(15)19)9-3-5-10(14)6-4-9/h3-6,11H,2,7-8H2,1H3,(H,16,18)(H3,15,17,19). The minimum atomic E-state index is -0.664. The van der Waals surface area contributed by atoms with Crippen LogP contribution in [0.3, 0.4) is 0 Å². The van der Waals surface area contributed by atoms with Crippen LogP contribution >= 0.6 is 11.6 Å². The number of amides is 3. The molecule has 1 atom stereocenters. The molecule has 1 rings (SSSR count). The monoisotopic (exact) mass is 283 g/mol. The van der Waals surface area contributed by atoms with E-state index >= 15 is 0 Å². The Hall–Kier alpha value is -1.75. The first-order chi connectivity index (χ1) is 9.02. The Labute approximate surface area is 117 Å². The van der Waals surface area contributed by atoms with E-state index in [2.05, 4.69) is 10.6 Å². The summed E-state index contributed by atoms with van der Waals surface area (Å²) in [7, 11) is 0. The average molecular weight is 284 g/mol. The Kier molecular flexibility index (Phi) is 6.15. The van der Waals surface area contributed by atoms with Crippen LogP contribution in [0.4, 0.5) is 4.79 Å². The van der Waals surface area contributed by atoms with Crippen molar-refractivity contribution in [2.75, 3.05) is 6.54 Å². The van der Waals surface area contributed by atoms with Crippen LogP contribution in [0.15, 0.2) is 24.3 Å². The van der Waals surface area contributed by atoms with Crippen molar-refractivity contribution >= 4 is 23.5 Å². The lowest BCUT2D eigenvalue weighted by Crippen LogP contribution is -2.36. The number of urea groups is 1. The van der Waals surface area contributed by atoms with Gasteiger partial charge in [0, 0.05) is 11.6 Å². The number of rotatable bonds is 6. The van der Waals surface area contributed by atoms with Crippen LogP contribution < -0.4 is 16.4 Å². The minimum Gasteiger partial charge on any atom is -0.356 e. The summed E-state index contributed by atoms with van der Waals surface area (Å²) in [6.07, 6.45) is 1.01. The second-order valence-electron chi connectivity index (χ2n) is 4.17. The lowest BCUT2D eigenvalue weighted by atomic mass is 10.0.